The Labute approximate surface area is 158 Å². The average molecular weight is 367 g/mol. The van der Waals surface area contributed by atoms with E-state index in [1.807, 2.05) is 6.07 Å². The second-order valence-corrected chi connectivity index (χ2v) is 7.96. The van der Waals surface area contributed by atoms with Crippen molar-refractivity contribution in [2.24, 2.45) is 5.92 Å². The number of hydrogen-bond acceptors (Lipinski definition) is 5. The quantitative estimate of drug-likeness (QED) is 0.721. The monoisotopic (exact) mass is 367 g/mol. The molecular weight excluding hydrogens is 342 g/mol. The van der Waals surface area contributed by atoms with E-state index in [0.717, 1.165) is 17.8 Å². The summed E-state index contributed by atoms with van der Waals surface area (Å²) in [7, 11) is 0. The van der Waals surface area contributed by atoms with Gasteiger partial charge in [-0.15, -0.1) is 0 Å². The number of carbonyl (C=O) groups is 1. The van der Waals surface area contributed by atoms with Gasteiger partial charge in [-0.2, -0.15) is 14.9 Å². The maximum atomic E-state index is 12.7. The van der Waals surface area contributed by atoms with Gasteiger partial charge in [0.1, 0.15) is 5.82 Å². The Morgan fingerprint density at radius 3 is 2.56 bits per heavy atom. The zero-order chi connectivity index (χ0) is 19.6. The van der Waals surface area contributed by atoms with E-state index in [0.29, 0.717) is 23.4 Å². The zero-order valence-corrected chi connectivity index (χ0v) is 16.3. The highest BCUT2D eigenvalue weighted by atomic mass is 16.2. The molecule has 0 aromatic carbocycles. The number of nitrogens with zero attached hydrogens (tertiary/aromatic N) is 5. The third-order valence-electron chi connectivity index (χ3n) is 3.95. The van der Waals surface area contributed by atoms with Crippen LogP contribution in [0.5, 0.6) is 0 Å². The van der Waals surface area contributed by atoms with Crippen molar-refractivity contribution in [3.63, 3.8) is 0 Å². The fourth-order valence-electron chi connectivity index (χ4n) is 2.59. The number of anilines is 1. The Bertz CT molecular complexity index is 919. The van der Waals surface area contributed by atoms with E-state index in [2.05, 4.69) is 65.2 Å². The summed E-state index contributed by atoms with van der Waals surface area (Å²) < 4.78 is 1.54. The van der Waals surface area contributed by atoms with Crippen LogP contribution in [0.4, 0.5) is 5.82 Å². The molecule has 2 N–H and O–H groups in total. The molecule has 8 nitrogen and oxygen atoms in total. The average Bonchev–Trinajstić information content (AvgIpc) is 3.22. The van der Waals surface area contributed by atoms with Gasteiger partial charge in [0, 0.05) is 29.6 Å². The Morgan fingerprint density at radius 2 is 1.93 bits per heavy atom. The minimum absolute atomic E-state index is 0.184. The Balaban J connectivity index is 1.90. The van der Waals surface area contributed by atoms with Crippen LogP contribution in [0, 0.1) is 5.92 Å². The first kappa shape index (κ1) is 18.8. The summed E-state index contributed by atoms with van der Waals surface area (Å²) in [6.45, 7) is 10.4. The number of aromatic nitrogens is 6. The fraction of sp³-hybridized carbons (Fsp3) is 0.421. The first-order chi connectivity index (χ1) is 12.7. The summed E-state index contributed by atoms with van der Waals surface area (Å²) in [5, 5.41) is 14.5. The van der Waals surface area contributed by atoms with Crippen molar-refractivity contribution < 1.29 is 4.79 Å². The highest BCUT2D eigenvalue weighted by molar-refractivity contribution is 6.02. The molecule has 0 bridgehead atoms. The van der Waals surface area contributed by atoms with Crippen molar-refractivity contribution in [3.05, 3.63) is 47.7 Å². The molecule has 0 unspecified atom stereocenters. The molecule has 3 aromatic heterocycles. The van der Waals surface area contributed by atoms with Gasteiger partial charge in [-0.25, -0.2) is 9.97 Å². The first-order valence-electron chi connectivity index (χ1n) is 8.97. The van der Waals surface area contributed by atoms with Gasteiger partial charge < -0.3 is 5.32 Å². The predicted molar refractivity (Wildman–Crippen MR) is 103 cm³/mol. The summed E-state index contributed by atoms with van der Waals surface area (Å²) in [6.07, 6.45) is 4.11. The van der Waals surface area contributed by atoms with E-state index < -0.39 is 0 Å². The first-order valence-corrected chi connectivity index (χ1v) is 8.97. The smallest absolute Gasteiger partial charge is 0.277 e. The highest BCUT2D eigenvalue weighted by Crippen LogP contribution is 2.25. The molecule has 0 aliphatic carbocycles. The zero-order valence-electron chi connectivity index (χ0n) is 16.3. The summed E-state index contributed by atoms with van der Waals surface area (Å²) in [4.78, 5) is 21.2. The van der Waals surface area contributed by atoms with Crippen LogP contribution in [0.2, 0.25) is 0 Å². The van der Waals surface area contributed by atoms with Crippen molar-refractivity contribution >= 4 is 11.7 Å². The van der Waals surface area contributed by atoms with Gasteiger partial charge in [0.05, 0.1) is 5.69 Å². The molecule has 0 atom stereocenters. The third kappa shape index (κ3) is 4.39. The van der Waals surface area contributed by atoms with Crippen LogP contribution >= 0.6 is 0 Å². The molecule has 0 spiro atoms. The molecule has 142 valence electrons. The normalized spacial score (nSPS) is 11.8. The van der Waals surface area contributed by atoms with Crippen molar-refractivity contribution in [2.75, 3.05) is 5.32 Å². The Hall–Kier alpha value is -3.03. The second-order valence-electron chi connectivity index (χ2n) is 7.96. The Morgan fingerprint density at radius 1 is 1.22 bits per heavy atom. The van der Waals surface area contributed by atoms with Crippen molar-refractivity contribution in [3.8, 4) is 5.95 Å². The van der Waals surface area contributed by atoms with Gasteiger partial charge in [-0.05, 0) is 24.5 Å². The fourth-order valence-corrected chi connectivity index (χ4v) is 2.59. The van der Waals surface area contributed by atoms with Crippen LogP contribution in [-0.2, 0) is 11.8 Å². The van der Waals surface area contributed by atoms with Crippen LogP contribution in [-0.4, -0.2) is 35.9 Å². The van der Waals surface area contributed by atoms with Crippen molar-refractivity contribution in [2.45, 2.75) is 46.5 Å². The van der Waals surface area contributed by atoms with Crippen LogP contribution in [0.1, 0.15) is 56.5 Å². The maximum absolute atomic E-state index is 12.7. The van der Waals surface area contributed by atoms with Crippen LogP contribution in [0.3, 0.4) is 0 Å². The maximum Gasteiger partial charge on any atom is 0.277 e. The van der Waals surface area contributed by atoms with Crippen LogP contribution in [0.25, 0.3) is 5.95 Å². The molecule has 0 aliphatic heterocycles. The second kappa shape index (κ2) is 7.30. The number of carbonyl (C=O) groups excluding carboxylic acids is 1. The molecule has 1 amide bonds. The van der Waals surface area contributed by atoms with E-state index in [1.54, 1.807) is 29.2 Å². The minimum atomic E-state index is -0.307. The number of nitrogens with one attached hydrogen (secondary N) is 2. The Kier molecular flexibility index (Phi) is 5.07. The van der Waals surface area contributed by atoms with Crippen LogP contribution < -0.4 is 5.32 Å². The predicted octanol–water partition coefficient (Wildman–Crippen LogP) is 3.13. The molecular formula is C19H25N7O. The van der Waals surface area contributed by atoms with Gasteiger partial charge in [0.25, 0.3) is 11.9 Å². The van der Waals surface area contributed by atoms with Crippen molar-refractivity contribution in [1.82, 2.24) is 29.9 Å². The summed E-state index contributed by atoms with van der Waals surface area (Å²) in [6, 6.07) is 5.35. The van der Waals surface area contributed by atoms with Crippen molar-refractivity contribution in [1.29, 1.82) is 0 Å². The number of hydrogen-bond donors (Lipinski definition) is 2. The SMILES string of the molecule is CC(C)Cc1cc(C(=O)Nc2cc(C(C)(C)C)nn2-c2ncccn2)n[nH]1. The van der Waals surface area contributed by atoms with Gasteiger partial charge >= 0.3 is 0 Å². The number of amides is 1. The molecule has 0 saturated carbocycles. The molecule has 0 fully saturated rings. The molecule has 0 aliphatic rings. The lowest BCUT2D eigenvalue weighted by molar-refractivity contribution is 0.102. The molecule has 3 rings (SSSR count). The van der Waals surface area contributed by atoms with E-state index in [4.69, 9.17) is 0 Å². The molecule has 0 radical (unpaired) electrons. The van der Waals surface area contributed by atoms with E-state index in [-0.39, 0.29) is 11.3 Å². The molecule has 3 aromatic rings. The molecule has 0 saturated heterocycles. The minimum Gasteiger partial charge on any atom is -0.305 e. The standard InChI is InChI=1S/C19H25N7O/c1-12(2)9-13-10-14(24-23-13)17(27)22-16-11-15(19(3,4)5)25-26(16)18-20-7-6-8-21-18/h6-8,10-12H,9H2,1-5H3,(H,22,27)(H,23,24). The lowest BCUT2D eigenvalue weighted by Crippen LogP contribution is -2.16. The summed E-state index contributed by atoms with van der Waals surface area (Å²) in [5.41, 5.74) is 1.92. The van der Waals surface area contributed by atoms with Gasteiger partial charge in [0.15, 0.2) is 5.69 Å². The topological polar surface area (TPSA) is 101 Å². The summed E-state index contributed by atoms with van der Waals surface area (Å²) >= 11 is 0. The molecule has 27 heavy (non-hydrogen) atoms. The molecule has 8 heteroatoms. The third-order valence-corrected chi connectivity index (χ3v) is 3.95. The number of aromatic amines is 1. The van der Waals surface area contributed by atoms with E-state index in [1.165, 1.54) is 0 Å². The largest absolute Gasteiger partial charge is 0.305 e. The van der Waals surface area contributed by atoms with E-state index in [9.17, 15) is 4.79 Å². The van der Waals surface area contributed by atoms with Crippen LogP contribution in [0.15, 0.2) is 30.6 Å². The number of rotatable bonds is 5. The highest BCUT2D eigenvalue weighted by Gasteiger charge is 2.23. The summed E-state index contributed by atoms with van der Waals surface area (Å²) in [5.74, 6) is 1.07. The molecule has 3 heterocycles. The van der Waals surface area contributed by atoms with E-state index >= 15 is 0 Å². The van der Waals surface area contributed by atoms with Gasteiger partial charge in [0.2, 0.25) is 0 Å². The lowest BCUT2D eigenvalue weighted by Gasteiger charge is -2.13. The van der Waals surface area contributed by atoms with Gasteiger partial charge in [-0.3, -0.25) is 9.89 Å². The van der Waals surface area contributed by atoms with Gasteiger partial charge in [-0.1, -0.05) is 34.6 Å². The number of H-pyrrole nitrogens is 1. The lowest BCUT2D eigenvalue weighted by atomic mass is 9.92.